The lowest BCUT2D eigenvalue weighted by Crippen LogP contribution is -2.10. The highest BCUT2D eigenvalue weighted by Crippen LogP contribution is 2.78. The van der Waals surface area contributed by atoms with Crippen LogP contribution in [0.3, 0.4) is 0 Å². The second kappa shape index (κ2) is 3.72. The molecule has 0 atom stereocenters. The average Bonchev–Trinajstić information content (AvgIpc) is 3.22. The molecule has 2 aromatic heterocycles. The molecule has 0 bridgehead atoms. The third kappa shape index (κ3) is 1.25. The van der Waals surface area contributed by atoms with Crippen LogP contribution in [0.5, 0.6) is 0 Å². The summed E-state index contributed by atoms with van der Waals surface area (Å²) in [6, 6.07) is 4.78. The lowest BCUT2D eigenvalue weighted by molar-refractivity contribution is 2.03. The lowest BCUT2D eigenvalue weighted by Gasteiger charge is -2.33. The van der Waals surface area contributed by atoms with Crippen molar-refractivity contribution in [3.63, 3.8) is 0 Å². The number of rotatable bonds is 0. The predicted octanol–water partition coefficient (Wildman–Crippen LogP) is 2.32. The third-order valence-electron chi connectivity index (χ3n) is 4.89. The normalized spacial score (nSPS) is 32.4. The molecule has 0 aliphatic carbocycles. The van der Waals surface area contributed by atoms with E-state index in [-0.39, 0.29) is 19.0 Å². The minimum Gasteiger partial charge on any atom is -0.144 e. The van der Waals surface area contributed by atoms with Crippen molar-refractivity contribution in [1.29, 1.82) is 0 Å². The summed E-state index contributed by atoms with van der Waals surface area (Å²) in [6.45, 7) is 0. The van der Waals surface area contributed by atoms with E-state index < -0.39 is 10.0 Å². The molecule has 0 fully saturated rings. The Kier molecular flexibility index (Phi) is 2.07. The molecular formula is C16H12S3Si2. The van der Waals surface area contributed by atoms with Crippen LogP contribution in [-0.4, -0.2) is 19.0 Å². The van der Waals surface area contributed by atoms with Gasteiger partial charge in [-0.2, -0.15) is 0 Å². The van der Waals surface area contributed by atoms with E-state index in [9.17, 15) is 0 Å². The minimum atomic E-state index is -0.959. The Balaban J connectivity index is 1.65. The predicted molar refractivity (Wildman–Crippen MR) is 105 cm³/mol. The first-order valence-electron chi connectivity index (χ1n) is 7.16. The van der Waals surface area contributed by atoms with Gasteiger partial charge in [0.2, 0.25) is 0 Å². The van der Waals surface area contributed by atoms with Gasteiger partial charge in [-0.25, -0.2) is 0 Å². The molecule has 5 heteroatoms. The van der Waals surface area contributed by atoms with Crippen molar-refractivity contribution in [3.8, 4) is 0 Å². The summed E-state index contributed by atoms with van der Waals surface area (Å²) < 4.78 is 0. The van der Waals surface area contributed by atoms with Gasteiger partial charge in [0.1, 0.15) is 0 Å². The molecular weight excluding hydrogens is 345 g/mol. The highest BCUT2D eigenvalue weighted by molar-refractivity contribution is 8.52. The molecule has 4 aliphatic heterocycles. The summed E-state index contributed by atoms with van der Waals surface area (Å²) in [7, 11) is -1.37. The summed E-state index contributed by atoms with van der Waals surface area (Å²) in [5.41, 5.74) is 0. The maximum Gasteiger partial charge on any atom is 0.0909 e. The second-order valence-electron chi connectivity index (χ2n) is 5.93. The first kappa shape index (κ1) is 11.7. The fourth-order valence-electron chi connectivity index (χ4n) is 4.02. The van der Waals surface area contributed by atoms with Crippen LogP contribution in [0.25, 0.3) is 9.81 Å². The topological polar surface area (TPSA) is 0 Å². The molecule has 0 unspecified atom stereocenters. The molecule has 2 aromatic rings. The van der Waals surface area contributed by atoms with E-state index in [1.807, 2.05) is 22.7 Å². The van der Waals surface area contributed by atoms with Crippen molar-refractivity contribution in [3.05, 3.63) is 66.0 Å². The molecule has 0 amide bonds. The van der Waals surface area contributed by atoms with E-state index in [1.54, 1.807) is 40.3 Å². The maximum atomic E-state index is 2.59. The Hall–Kier alpha value is -0.856. The van der Waals surface area contributed by atoms with Crippen molar-refractivity contribution < 1.29 is 0 Å². The van der Waals surface area contributed by atoms with Gasteiger partial charge < -0.3 is 0 Å². The first-order chi connectivity index (χ1) is 10.4. The molecule has 0 radical (unpaired) electrons. The van der Waals surface area contributed by atoms with Crippen LogP contribution in [0, 0.1) is 0 Å². The van der Waals surface area contributed by atoms with E-state index in [0.29, 0.717) is 0 Å². The Morgan fingerprint density at radius 1 is 0.762 bits per heavy atom. The van der Waals surface area contributed by atoms with Crippen LogP contribution in [-0.2, 0) is 0 Å². The fraction of sp³-hybridized carbons (Fsp3) is 0. The highest BCUT2D eigenvalue weighted by atomic mass is 32.3. The van der Waals surface area contributed by atoms with Gasteiger partial charge in [0.15, 0.2) is 0 Å². The van der Waals surface area contributed by atoms with Crippen LogP contribution in [0.2, 0.25) is 0 Å². The quantitative estimate of drug-likeness (QED) is 0.636. The Morgan fingerprint density at radius 3 is 1.81 bits per heavy atom. The second-order valence-corrected chi connectivity index (χ2v) is 14.3. The average molecular weight is 357 g/mol. The van der Waals surface area contributed by atoms with Gasteiger partial charge in [-0.05, 0) is 42.3 Å². The molecule has 6 rings (SSSR count). The van der Waals surface area contributed by atoms with Crippen molar-refractivity contribution in [1.82, 2.24) is 0 Å². The molecule has 0 aromatic carbocycles. The van der Waals surface area contributed by atoms with E-state index in [1.165, 1.54) is 0 Å². The van der Waals surface area contributed by atoms with Crippen molar-refractivity contribution in [2.24, 2.45) is 0 Å². The van der Waals surface area contributed by atoms with E-state index >= 15 is 0 Å². The van der Waals surface area contributed by atoms with Gasteiger partial charge in [-0.15, -0.1) is 32.7 Å². The summed E-state index contributed by atoms with van der Waals surface area (Å²) in [4.78, 5) is 6.77. The molecule has 102 valence electrons. The van der Waals surface area contributed by atoms with Gasteiger partial charge in [0.25, 0.3) is 0 Å². The summed E-state index contributed by atoms with van der Waals surface area (Å²) in [5, 5.41) is 16.7. The first-order valence-corrected chi connectivity index (χ1v) is 13.5. The number of allylic oxidation sites excluding steroid dienone is 4. The van der Waals surface area contributed by atoms with Crippen molar-refractivity contribution in [2.75, 3.05) is 0 Å². The van der Waals surface area contributed by atoms with Crippen LogP contribution in [0.4, 0.5) is 0 Å². The fourth-order valence-corrected chi connectivity index (χ4v) is 17.4. The summed E-state index contributed by atoms with van der Waals surface area (Å²) in [6.07, 6.45) is 4.99. The zero-order valence-corrected chi connectivity index (χ0v) is 16.5. The molecule has 6 heterocycles. The Morgan fingerprint density at radius 2 is 1.29 bits per heavy atom. The van der Waals surface area contributed by atoms with Crippen LogP contribution < -0.4 is 10.4 Å². The van der Waals surface area contributed by atoms with E-state index in [2.05, 4.69) is 45.9 Å². The zero-order chi connectivity index (χ0) is 13.6. The molecule has 0 saturated carbocycles. The lowest BCUT2D eigenvalue weighted by atomic mass is 10.4. The van der Waals surface area contributed by atoms with Gasteiger partial charge in [0, 0.05) is 19.6 Å². The number of fused-ring (bicyclic) bond motifs is 6. The van der Waals surface area contributed by atoms with Crippen LogP contribution >= 0.6 is 32.7 Å². The van der Waals surface area contributed by atoms with Gasteiger partial charge in [-0.1, -0.05) is 24.3 Å². The van der Waals surface area contributed by atoms with Crippen molar-refractivity contribution >= 4 is 71.9 Å². The Labute approximate surface area is 137 Å². The SMILES string of the molecule is C1=CS2(C=CC3=C2c2sccc2[SiH2]3)C2=C1[SiH2]c1ccsc12. The standard InChI is InChI=1S/C16H12S3Si2/c1-5-17-13-9(1)20-11-3-7-19(15(11)13)8-4-12-16(19)14-10(21-12)2-6-18-14/h1-8H,20-21H2. The van der Waals surface area contributed by atoms with Crippen molar-refractivity contribution in [2.45, 2.75) is 0 Å². The summed E-state index contributed by atoms with van der Waals surface area (Å²) in [5.74, 6) is 0. The Bertz CT molecular complexity index is 874. The summed E-state index contributed by atoms with van der Waals surface area (Å²) >= 11 is 3.97. The minimum absolute atomic E-state index is 0.204. The van der Waals surface area contributed by atoms with Gasteiger partial charge in [-0.3, -0.25) is 0 Å². The smallest absolute Gasteiger partial charge is 0.0909 e. The molecule has 0 saturated heterocycles. The van der Waals surface area contributed by atoms with E-state index in [4.69, 9.17) is 0 Å². The van der Waals surface area contributed by atoms with Gasteiger partial charge in [0.05, 0.1) is 19.0 Å². The number of hydrogen-bond acceptors (Lipinski definition) is 2. The maximum absolute atomic E-state index is 2.59. The van der Waals surface area contributed by atoms with Gasteiger partial charge >= 0.3 is 0 Å². The molecule has 0 N–H and O–H groups in total. The van der Waals surface area contributed by atoms with E-state index in [0.717, 1.165) is 0 Å². The van der Waals surface area contributed by atoms with Crippen LogP contribution in [0.15, 0.2) is 56.3 Å². The molecule has 0 nitrogen and oxygen atoms in total. The monoisotopic (exact) mass is 356 g/mol. The number of thiophene rings is 2. The molecule has 21 heavy (non-hydrogen) atoms. The third-order valence-corrected chi connectivity index (χ3v) is 15.4. The van der Waals surface area contributed by atoms with Crippen LogP contribution in [0.1, 0.15) is 9.75 Å². The highest BCUT2D eigenvalue weighted by Gasteiger charge is 2.45. The molecule has 1 spiro atoms. The number of hydrogen-bond donors (Lipinski definition) is 0. The zero-order valence-electron chi connectivity index (χ0n) is 11.3. The largest absolute Gasteiger partial charge is 0.144 e. The molecule has 4 aliphatic rings.